The van der Waals surface area contributed by atoms with E-state index in [0.717, 1.165) is 0 Å². The summed E-state index contributed by atoms with van der Waals surface area (Å²) < 4.78 is 1.28. The number of aliphatic carboxylic acids is 2. The normalized spacial score (nSPS) is 9.50. The van der Waals surface area contributed by atoms with Crippen molar-refractivity contribution < 1.29 is 41.4 Å². The second-order valence-electron chi connectivity index (χ2n) is 3.18. The first-order valence-corrected chi connectivity index (χ1v) is 5.16. The average Bonchev–Trinajstić information content (AvgIpc) is 2.23. The molecule has 0 aliphatic carbocycles. The first-order valence-electron chi connectivity index (χ1n) is 5.16. The van der Waals surface area contributed by atoms with Gasteiger partial charge in [-0.15, -0.1) is 0 Å². The summed E-state index contributed by atoms with van der Waals surface area (Å²) >= 11 is 0. The number of carboxylic acids is 2. The minimum Gasteiger partial charge on any atom is -0.543 e. The number of quaternary nitrogens is 1. The number of carboxylic acid groups (broad SMARTS) is 2. The maximum absolute atomic E-state index is 8.93. The van der Waals surface area contributed by atoms with Crippen LogP contribution in [0.5, 0.6) is 0 Å². The molecule has 97 valence electrons. The Bertz CT molecular complexity index is 175. The van der Waals surface area contributed by atoms with Crippen LogP contribution in [0.1, 0.15) is 27.7 Å². The smallest absolute Gasteiger partial charge is 0.0870 e. The van der Waals surface area contributed by atoms with Gasteiger partial charge in [0.15, 0.2) is 0 Å². The van der Waals surface area contributed by atoms with Crippen LogP contribution in [0, 0.1) is 0 Å². The van der Waals surface area contributed by atoms with Gasteiger partial charge in [-0.2, -0.15) is 0 Å². The molecule has 16 heavy (non-hydrogen) atoms. The zero-order chi connectivity index (χ0) is 12.5. The van der Waals surface area contributed by atoms with Gasteiger partial charge in [-0.1, -0.05) is 0 Å². The summed E-state index contributed by atoms with van der Waals surface area (Å²) in [5.74, 6) is -4.37. The Balaban J connectivity index is -0.000000214. The minimum absolute atomic E-state index is 0. The van der Waals surface area contributed by atoms with Gasteiger partial charge >= 0.3 is 0 Å². The zero-order valence-corrected chi connectivity index (χ0v) is 11.5. The molecule has 0 aromatic rings. The summed E-state index contributed by atoms with van der Waals surface area (Å²) in [6, 6.07) is 0. The molecule has 0 aromatic heterocycles. The van der Waals surface area contributed by atoms with E-state index in [9.17, 15) is 0 Å². The van der Waals surface area contributed by atoms with Crippen LogP contribution in [0.15, 0.2) is 0 Å². The molecule has 0 aromatic carbocycles. The largest absolute Gasteiger partial charge is 0.543 e. The van der Waals surface area contributed by atoms with E-state index in [1.807, 2.05) is 0 Å². The second-order valence-corrected chi connectivity index (χ2v) is 3.18. The van der Waals surface area contributed by atoms with Crippen molar-refractivity contribution in [3.05, 3.63) is 0 Å². The van der Waals surface area contributed by atoms with Gasteiger partial charge in [-0.05, 0) is 27.7 Å². The fraction of sp³-hybridized carbons (Fsp3) is 0.800. The molecule has 0 saturated carbocycles. The van der Waals surface area contributed by atoms with Crippen LogP contribution in [0.25, 0.3) is 0 Å². The predicted molar refractivity (Wildman–Crippen MR) is 52.4 cm³/mol. The van der Waals surface area contributed by atoms with Gasteiger partial charge in [-0.25, -0.2) is 0 Å². The third-order valence-electron chi connectivity index (χ3n) is 2.85. The van der Waals surface area contributed by atoms with Gasteiger partial charge in [0, 0.05) is 17.1 Å². The van der Waals surface area contributed by atoms with E-state index < -0.39 is 11.9 Å². The molecule has 0 unspecified atom stereocenters. The topological polar surface area (TPSA) is 80.3 Å². The number of rotatable bonds is 4. The number of hydrogen-bond acceptors (Lipinski definition) is 4. The Labute approximate surface area is 108 Å². The molecular weight excluding hydrogens is 253 g/mol. The number of carbonyl (C=O) groups is 2. The van der Waals surface area contributed by atoms with Gasteiger partial charge in [-0.3, -0.25) is 0 Å². The summed E-state index contributed by atoms with van der Waals surface area (Å²) in [6.45, 7) is 14.2. The molecular formula is C10H20MnNO4-. The molecule has 0 N–H and O–H groups in total. The molecule has 0 amide bonds. The van der Waals surface area contributed by atoms with E-state index in [2.05, 4.69) is 27.7 Å². The first kappa shape index (κ1) is 20.8. The van der Waals surface area contributed by atoms with Gasteiger partial charge in [0.05, 0.1) is 38.1 Å². The average molecular weight is 273 g/mol. The fourth-order valence-electron chi connectivity index (χ4n) is 1.34. The van der Waals surface area contributed by atoms with Crippen LogP contribution < -0.4 is 10.2 Å². The van der Waals surface area contributed by atoms with Crippen molar-refractivity contribution in [2.24, 2.45) is 0 Å². The van der Waals surface area contributed by atoms with Crippen molar-refractivity contribution in [2.75, 3.05) is 26.2 Å². The number of carbonyl (C=O) groups excluding carboxylic acids is 2. The molecule has 5 nitrogen and oxygen atoms in total. The van der Waals surface area contributed by atoms with Crippen LogP contribution in [0.4, 0.5) is 0 Å². The maximum Gasteiger partial charge on any atom is 0.0870 e. The summed E-state index contributed by atoms with van der Waals surface area (Å²) in [4.78, 5) is 17.9. The summed E-state index contributed by atoms with van der Waals surface area (Å²) in [5.41, 5.74) is 0. The van der Waals surface area contributed by atoms with Gasteiger partial charge in [0.25, 0.3) is 0 Å². The van der Waals surface area contributed by atoms with Crippen molar-refractivity contribution >= 4 is 11.9 Å². The summed E-state index contributed by atoms with van der Waals surface area (Å²) in [7, 11) is 0. The van der Waals surface area contributed by atoms with E-state index in [0.29, 0.717) is 0 Å². The fourth-order valence-corrected chi connectivity index (χ4v) is 1.34. The van der Waals surface area contributed by atoms with E-state index in [4.69, 9.17) is 19.8 Å². The first-order chi connectivity index (χ1) is 6.89. The standard InChI is InChI=1S/C8H20N.C2H2O4.Mn/c1-5-9(6-2,7-3)8-4;3-1(4)2(5)6;/h5-8H2,1-4H3;(H,3,4)(H,5,6);/q+1;;/p-2. The third-order valence-corrected chi connectivity index (χ3v) is 2.85. The van der Waals surface area contributed by atoms with Crippen molar-refractivity contribution in [2.45, 2.75) is 27.7 Å². The van der Waals surface area contributed by atoms with Gasteiger partial charge in [0.1, 0.15) is 0 Å². The Hall–Kier alpha value is -0.581. The molecule has 0 saturated heterocycles. The Morgan fingerprint density at radius 3 is 1.00 bits per heavy atom. The Kier molecular flexibility index (Phi) is 14.2. The van der Waals surface area contributed by atoms with Crippen LogP contribution >= 0.6 is 0 Å². The molecule has 0 spiro atoms. The van der Waals surface area contributed by atoms with Crippen molar-refractivity contribution in [1.29, 1.82) is 0 Å². The Morgan fingerprint density at radius 1 is 0.812 bits per heavy atom. The minimum atomic E-state index is -2.19. The van der Waals surface area contributed by atoms with Crippen LogP contribution in [0.3, 0.4) is 0 Å². The van der Waals surface area contributed by atoms with Gasteiger partial charge < -0.3 is 24.3 Å². The molecule has 6 heteroatoms. The maximum atomic E-state index is 8.93. The molecule has 1 radical (unpaired) electrons. The third kappa shape index (κ3) is 8.71. The van der Waals surface area contributed by atoms with Gasteiger partial charge in [0.2, 0.25) is 0 Å². The summed E-state index contributed by atoms with van der Waals surface area (Å²) in [5, 5.41) is 17.9. The monoisotopic (exact) mass is 273 g/mol. The van der Waals surface area contributed by atoms with E-state index in [1.54, 1.807) is 0 Å². The van der Waals surface area contributed by atoms with Crippen molar-refractivity contribution in [1.82, 2.24) is 0 Å². The van der Waals surface area contributed by atoms with Crippen molar-refractivity contribution in [3.8, 4) is 0 Å². The SMILES string of the molecule is CC[N+](CC)(CC)CC.O=C([O-])C(=O)[O-].[Mn]. The van der Waals surface area contributed by atoms with Crippen molar-refractivity contribution in [3.63, 3.8) is 0 Å². The Morgan fingerprint density at radius 2 is 1.00 bits per heavy atom. The number of hydrogen-bond donors (Lipinski definition) is 0. The van der Waals surface area contributed by atoms with Crippen LogP contribution in [-0.4, -0.2) is 42.6 Å². The van der Waals surface area contributed by atoms with Crippen LogP contribution in [0.2, 0.25) is 0 Å². The van der Waals surface area contributed by atoms with E-state index >= 15 is 0 Å². The van der Waals surface area contributed by atoms with E-state index in [-0.39, 0.29) is 17.1 Å². The molecule has 0 aliphatic heterocycles. The molecule has 0 fully saturated rings. The molecule has 0 atom stereocenters. The quantitative estimate of drug-likeness (QED) is 0.350. The molecule has 0 rings (SSSR count). The predicted octanol–water partition coefficient (Wildman–Crippen LogP) is -1.63. The number of nitrogens with zero attached hydrogens (tertiary/aromatic N) is 1. The molecule has 0 heterocycles. The second kappa shape index (κ2) is 10.9. The van der Waals surface area contributed by atoms with Crippen LogP contribution in [-0.2, 0) is 26.7 Å². The molecule has 0 bridgehead atoms. The summed E-state index contributed by atoms with van der Waals surface area (Å²) in [6.07, 6.45) is 0. The zero-order valence-electron chi connectivity index (χ0n) is 10.3. The van der Waals surface area contributed by atoms with E-state index in [1.165, 1.54) is 30.7 Å². The molecule has 0 aliphatic rings.